The molecule has 2 atom stereocenters. The van der Waals surface area contributed by atoms with Gasteiger partial charge in [-0.3, -0.25) is 4.79 Å². The predicted molar refractivity (Wildman–Crippen MR) is 130 cm³/mol. The first-order chi connectivity index (χ1) is 16.1. The van der Waals surface area contributed by atoms with Crippen molar-refractivity contribution in [2.24, 2.45) is 11.7 Å². The van der Waals surface area contributed by atoms with Crippen molar-refractivity contribution >= 4 is 5.91 Å². The third kappa shape index (κ3) is 5.04. The summed E-state index contributed by atoms with van der Waals surface area (Å²) in [6.07, 6.45) is 2.80. The molecule has 0 saturated carbocycles. The van der Waals surface area contributed by atoms with Crippen LogP contribution < -0.4 is 15.2 Å². The van der Waals surface area contributed by atoms with Gasteiger partial charge in [0.15, 0.2) is 11.5 Å². The highest BCUT2D eigenvalue weighted by Crippen LogP contribution is 2.45. The fourth-order valence-corrected chi connectivity index (χ4v) is 4.97. The number of methoxy groups -OCH3 is 2. The molecule has 0 saturated heterocycles. The third-order valence-electron chi connectivity index (χ3n) is 6.56. The molecule has 1 aliphatic carbocycles. The number of fused-ring (bicyclic) bond motifs is 1. The van der Waals surface area contributed by atoms with Crippen LogP contribution in [-0.4, -0.2) is 31.6 Å². The minimum atomic E-state index is -0.106. The lowest BCUT2D eigenvalue weighted by atomic mass is 9.75. The Bertz CT molecular complexity index is 1070. The summed E-state index contributed by atoms with van der Waals surface area (Å²) in [7, 11) is 3.30. The van der Waals surface area contributed by atoms with Crippen molar-refractivity contribution in [3.63, 3.8) is 0 Å². The number of rotatable bonds is 8. The Labute approximate surface area is 196 Å². The van der Waals surface area contributed by atoms with Crippen molar-refractivity contribution in [3.8, 4) is 11.5 Å². The zero-order valence-corrected chi connectivity index (χ0v) is 19.4. The SMILES string of the molecule is COc1cc2c(cc1OC)C(N(Cc1ccccc1)C(=O)CN)C(Cc1ccccc1)CC2. The first kappa shape index (κ1) is 22.9. The second kappa shape index (κ2) is 10.5. The Morgan fingerprint density at radius 1 is 0.939 bits per heavy atom. The lowest BCUT2D eigenvalue weighted by Gasteiger charge is -2.42. The topological polar surface area (TPSA) is 64.8 Å². The molecule has 0 radical (unpaired) electrons. The lowest BCUT2D eigenvalue weighted by Crippen LogP contribution is -2.43. The molecule has 4 rings (SSSR count). The first-order valence-corrected chi connectivity index (χ1v) is 11.5. The summed E-state index contributed by atoms with van der Waals surface area (Å²) in [5.41, 5.74) is 10.6. The van der Waals surface area contributed by atoms with Crippen molar-refractivity contribution in [2.45, 2.75) is 31.8 Å². The second-order valence-corrected chi connectivity index (χ2v) is 8.55. The summed E-state index contributed by atoms with van der Waals surface area (Å²) in [6, 6.07) is 24.6. The van der Waals surface area contributed by atoms with Gasteiger partial charge in [0.1, 0.15) is 0 Å². The number of hydrogen-bond donors (Lipinski definition) is 1. The molecule has 172 valence electrons. The molecule has 0 heterocycles. The minimum Gasteiger partial charge on any atom is -0.493 e. The Balaban J connectivity index is 1.80. The van der Waals surface area contributed by atoms with Crippen LogP contribution in [0.15, 0.2) is 72.8 Å². The van der Waals surface area contributed by atoms with Gasteiger partial charge in [-0.2, -0.15) is 0 Å². The summed E-state index contributed by atoms with van der Waals surface area (Å²) >= 11 is 0. The van der Waals surface area contributed by atoms with Gasteiger partial charge in [0, 0.05) is 6.54 Å². The summed E-state index contributed by atoms with van der Waals surface area (Å²) in [5, 5.41) is 0. The highest BCUT2D eigenvalue weighted by molar-refractivity contribution is 5.79. The van der Waals surface area contributed by atoms with Gasteiger partial charge in [0.25, 0.3) is 0 Å². The second-order valence-electron chi connectivity index (χ2n) is 8.55. The van der Waals surface area contributed by atoms with E-state index < -0.39 is 0 Å². The van der Waals surface area contributed by atoms with E-state index in [1.54, 1.807) is 14.2 Å². The molecule has 33 heavy (non-hydrogen) atoms. The molecular weight excluding hydrogens is 412 g/mol. The van der Waals surface area contributed by atoms with Gasteiger partial charge in [0.05, 0.1) is 26.8 Å². The standard InChI is InChI=1S/C28H32N2O3/c1-32-25-16-22-13-14-23(15-20-9-5-3-6-10-20)28(24(22)17-26(25)33-2)30(27(31)18-29)19-21-11-7-4-8-12-21/h3-12,16-17,23,28H,13-15,18-19,29H2,1-2H3. The molecule has 0 aliphatic heterocycles. The van der Waals surface area contributed by atoms with Crippen molar-refractivity contribution in [3.05, 3.63) is 95.1 Å². The van der Waals surface area contributed by atoms with E-state index in [4.69, 9.17) is 15.2 Å². The highest BCUT2D eigenvalue weighted by atomic mass is 16.5. The maximum absolute atomic E-state index is 13.2. The van der Waals surface area contributed by atoms with Crippen LogP contribution in [0.4, 0.5) is 0 Å². The normalized spacial score (nSPS) is 17.2. The molecule has 1 amide bonds. The monoisotopic (exact) mass is 444 g/mol. The van der Waals surface area contributed by atoms with Crippen LogP contribution in [0, 0.1) is 5.92 Å². The molecule has 0 aromatic heterocycles. The van der Waals surface area contributed by atoms with Crippen LogP contribution >= 0.6 is 0 Å². The van der Waals surface area contributed by atoms with E-state index >= 15 is 0 Å². The number of hydrogen-bond acceptors (Lipinski definition) is 4. The number of amides is 1. The van der Waals surface area contributed by atoms with Gasteiger partial charge in [-0.25, -0.2) is 0 Å². The van der Waals surface area contributed by atoms with Crippen LogP contribution in [0.5, 0.6) is 11.5 Å². The Hall–Kier alpha value is -3.31. The number of carbonyl (C=O) groups excluding carboxylic acids is 1. The average molecular weight is 445 g/mol. The van der Waals surface area contributed by atoms with E-state index in [9.17, 15) is 4.79 Å². The number of carbonyl (C=O) groups is 1. The van der Waals surface area contributed by atoms with E-state index in [1.165, 1.54) is 11.1 Å². The fourth-order valence-electron chi connectivity index (χ4n) is 4.97. The third-order valence-corrected chi connectivity index (χ3v) is 6.56. The van der Waals surface area contributed by atoms with E-state index in [0.29, 0.717) is 12.3 Å². The van der Waals surface area contributed by atoms with Crippen LogP contribution in [0.1, 0.15) is 34.7 Å². The number of benzene rings is 3. The summed E-state index contributed by atoms with van der Waals surface area (Å²) < 4.78 is 11.2. The zero-order chi connectivity index (χ0) is 23.2. The molecule has 0 bridgehead atoms. The molecule has 3 aromatic carbocycles. The average Bonchev–Trinajstić information content (AvgIpc) is 2.87. The van der Waals surface area contributed by atoms with E-state index in [2.05, 4.69) is 48.5 Å². The summed E-state index contributed by atoms with van der Waals surface area (Å²) in [5.74, 6) is 1.61. The molecular formula is C28H32N2O3. The van der Waals surface area contributed by atoms with Crippen molar-refractivity contribution in [1.82, 2.24) is 4.90 Å². The van der Waals surface area contributed by atoms with E-state index in [-0.39, 0.29) is 24.4 Å². The number of nitrogens with two attached hydrogens (primary N) is 1. The highest BCUT2D eigenvalue weighted by Gasteiger charge is 2.37. The fraction of sp³-hybridized carbons (Fsp3) is 0.321. The van der Waals surface area contributed by atoms with Gasteiger partial charge in [0.2, 0.25) is 5.91 Å². The number of ether oxygens (including phenoxy) is 2. The smallest absolute Gasteiger partial charge is 0.237 e. The van der Waals surface area contributed by atoms with Crippen LogP contribution in [0.25, 0.3) is 0 Å². The van der Waals surface area contributed by atoms with Gasteiger partial charge in [-0.15, -0.1) is 0 Å². The van der Waals surface area contributed by atoms with Crippen LogP contribution in [-0.2, 0) is 24.2 Å². The van der Waals surface area contributed by atoms with Gasteiger partial charge >= 0.3 is 0 Å². The van der Waals surface area contributed by atoms with Gasteiger partial charge < -0.3 is 20.1 Å². The number of aryl methyl sites for hydroxylation is 1. The molecule has 1 aliphatic rings. The maximum atomic E-state index is 13.2. The predicted octanol–water partition coefficient (Wildman–Crippen LogP) is 4.54. The van der Waals surface area contributed by atoms with Gasteiger partial charge in [-0.05, 0) is 59.6 Å². The molecule has 3 aromatic rings. The summed E-state index contributed by atoms with van der Waals surface area (Å²) in [4.78, 5) is 15.2. The molecule has 2 N–H and O–H groups in total. The minimum absolute atomic E-state index is 0.0238. The van der Waals surface area contributed by atoms with Crippen LogP contribution in [0.2, 0.25) is 0 Å². The quantitative estimate of drug-likeness (QED) is 0.554. The summed E-state index contributed by atoms with van der Waals surface area (Å²) in [6.45, 7) is 0.491. The Morgan fingerprint density at radius 2 is 1.55 bits per heavy atom. The number of nitrogens with zero attached hydrogens (tertiary/aromatic N) is 1. The maximum Gasteiger partial charge on any atom is 0.237 e. The van der Waals surface area contributed by atoms with E-state index in [0.717, 1.165) is 36.1 Å². The molecule has 2 unspecified atom stereocenters. The largest absolute Gasteiger partial charge is 0.493 e. The van der Waals surface area contributed by atoms with Crippen molar-refractivity contribution in [1.29, 1.82) is 0 Å². The van der Waals surface area contributed by atoms with Crippen molar-refractivity contribution < 1.29 is 14.3 Å². The van der Waals surface area contributed by atoms with E-state index in [1.807, 2.05) is 29.2 Å². The first-order valence-electron chi connectivity index (χ1n) is 11.5. The Kier molecular flexibility index (Phi) is 7.30. The Morgan fingerprint density at radius 3 is 2.15 bits per heavy atom. The zero-order valence-electron chi connectivity index (χ0n) is 19.4. The molecule has 5 heteroatoms. The van der Waals surface area contributed by atoms with Crippen LogP contribution in [0.3, 0.4) is 0 Å². The molecule has 0 fully saturated rings. The van der Waals surface area contributed by atoms with Crippen molar-refractivity contribution in [2.75, 3.05) is 20.8 Å². The lowest BCUT2D eigenvalue weighted by molar-refractivity contribution is -0.134. The molecule has 0 spiro atoms. The molecule has 5 nitrogen and oxygen atoms in total. The van der Waals surface area contributed by atoms with Gasteiger partial charge in [-0.1, -0.05) is 60.7 Å².